The number of carboxylic acids is 1. The number of aliphatic hydroxyl groups excluding tert-OH is 2. The zero-order valence-corrected chi connectivity index (χ0v) is 10.1. The van der Waals surface area contributed by atoms with Crippen molar-refractivity contribution in [3.63, 3.8) is 0 Å². The Morgan fingerprint density at radius 1 is 1.38 bits per heavy atom. The molecule has 1 fully saturated rings. The molecule has 1 aliphatic heterocycles. The normalized spacial score (nSPS) is 28.5. The molecule has 1 aliphatic rings. The number of nitrogens with zero attached hydrogens (tertiary/aromatic N) is 2. The number of aliphatic hydroxyl groups is 2. The molecule has 0 amide bonds. The predicted molar refractivity (Wildman–Crippen MR) is 61.5 cm³/mol. The molecule has 4 unspecified atom stereocenters. The van der Waals surface area contributed by atoms with Crippen molar-refractivity contribution in [2.24, 2.45) is 0 Å². The van der Waals surface area contributed by atoms with Crippen molar-refractivity contribution in [1.29, 1.82) is 0 Å². The van der Waals surface area contributed by atoms with Crippen LogP contribution in [-0.4, -0.2) is 54.1 Å². The first-order valence-corrected chi connectivity index (χ1v) is 5.48. The number of nitrogens with one attached hydrogen (secondary N) is 1. The van der Waals surface area contributed by atoms with Crippen LogP contribution >= 0.6 is 0 Å². The second-order valence-corrected chi connectivity index (χ2v) is 4.20. The Morgan fingerprint density at radius 2 is 2.00 bits per heavy atom. The second kappa shape index (κ2) is 5.08. The van der Waals surface area contributed by atoms with Gasteiger partial charge in [0, 0.05) is 0 Å². The molecule has 2 rings (SSSR count). The second-order valence-electron chi connectivity index (χ2n) is 4.20. The van der Waals surface area contributed by atoms with Gasteiger partial charge < -0.3 is 20.1 Å². The molecule has 12 nitrogen and oxygen atoms in total. The van der Waals surface area contributed by atoms with E-state index in [0.717, 1.165) is 0 Å². The van der Waals surface area contributed by atoms with Crippen molar-refractivity contribution >= 4 is 11.7 Å². The molecule has 12 heteroatoms. The molecule has 0 bridgehead atoms. The average molecular weight is 303 g/mol. The number of carbonyl (C=O) groups is 1. The highest BCUT2D eigenvalue weighted by molar-refractivity contribution is 5.73. The van der Waals surface area contributed by atoms with Crippen LogP contribution in [0.3, 0.4) is 0 Å². The van der Waals surface area contributed by atoms with Crippen LogP contribution in [0.4, 0.5) is 5.69 Å². The van der Waals surface area contributed by atoms with Gasteiger partial charge in [0.25, 0.3) is 0 Å². The number of aromatic amines is 1. The van der Waals surface area contributed by atoms with Crippen LogP contribution < -0.4 is 11.2 Å². The summed E-state index contributed by atoms with van der Waals surface area (Å²) in [5, 5.41) is 38.6. The van der Waals surface area contributed by atoms with Gasteiger partial charge in [-0.2, -0.15) is 0 Å². The monoisotopic (exact) mass is 303 g/mol. The molecule has 1 saturated heterocycles. The zero-order chi connectivity index (χ0) is 15.9. The Balaban J connectivity index is 2.50. The lowest BCUT2D eigenvalue weighted by Gasteiger charge is -2.16. The predicted octanol–water partition coefficient (Wildman–Crippen LogP) is -2.85. The van der Waals surface area contributed by atoms with Gasteiger partial charge in [0.2, 0.25) is 0 Å². The van der Waals surface area contributed by atoms with Gasteiger partial charge in [-0.05, 0) is 0 Å². The van der Waals surface area contributed by atoms with E-state index in [9.17, 15) is 34.7 Å². The highest BCUT2D eigenvalue weighted by atomic mass is 16.6. The van der Waals surface area contributed by atoms with Crippen LogP contribution in [0.15, 0.2) is 15.8 Å². The minimum Gasteiger partial charge on any atom is -0.479 e. The van der Waals surface area contributed by atoms with E-state index in [1.54, 1.807) is 4.98 Å². The van der Waals surface area contributed by atoms with E-state index in [1.807, 2.05) is 0 Å². The Bertz CT molecular complexity index is 707. The Labute approximate surface area is 114 Å². The molecule has 2 heterocycles. The topological polar surface area (TPSA) is 185 Å². The summed E-state index contributed by atoms with van der Waals surface area (Å²) in [6.45, 7) is 0. The molecule has 1 aromatic rings. The third kappa shape index (κ3) is 2.42. The fourth-order valence-electron chi connectivity index (χ4n) is 1.89. The lowest BCUT2D eigenvalue weighted by atomic mass is 10.1. The number of aromatic nitrogens is 2. The number of hydrogen-bond donors (Lipinski definition) is 4. The number of nitro groups is 1. The first kappa shape index (κ1) is 14.8. The summed E-state index contributed by atoms with van der Waals surface area (Å²) in [7, 11) is 0. The quantitative estimate of drug-likeness (QED) is 0.337. The van der Waals surface area contributed by atoms with Crippen LogP contribution in [0.5, 0.6) is 0 Å². The number of H-pyrrole nitrogens is 1. The molecule has 4 atom stereocenters. The number of rotatable bonds is 3. The van der Waals surface area contributed by atoms with E-state index in [0.29, 0.717) is 10.8 Å². The molecule has 21 heavy (non-hydrogen) atoms. The number of carboxylic acid groups (broad SMARTS) is 1. The number of hydrogen-bond acceptors (Lipinski definition) is 8. The summed E-state index contributed by atoms with van der Waals surface area (Å²) in [4.78, 5) is 44.8. The van der Waals surface area contributed by atoms with Gasteiger partial charge >= 0.3 is 22.9 Å². The van der Waals surface area contributed by atoms with Crippen LogP contribution in [0, 0.1) is 10.1 Å². The molecular weight excluding hydrogens is 294 g/mol. The summed E-state index contributed by atoms with van der Waals surface area (Å²) in [6.07, 6.45) is -6.67. The van der Waals surface area contributed by atoms with E-state index < -0.39 is 52.4 Å². The van der Waals surface area contributed by atoms with Gasteiger partial charge in [-0.3, -0.25) is 24.5 Å². The molecule has 0 spiro atoms. The van der Waals surface area contributed by atoms with Gasteiger partial charge in [-0.1, -0.05) is 0 Å². The summed E-state index contributed by atoms with van der Waals surface area (Å²) in [5.41, 5.74) is -3.42. The minimum atomic E-state index is -1.84. The summed E-state index contributed by atoms with van der Waals surface area (Å²) < 4.78 is 5.25. The fraction of sp³-hybridized carbons (Fsp3) is 0.444. The summed E-state index contributed by atoms with van der Waals surface area (Å²) in [5.74, 6) is -1.59. The fourth-order valence-corrected chi connectivity index (χ4v) is 1.89. The maximum Gasteiger partial charge on any atom is 0.350 e. The van der Waals surface area contributed by atoms with E-state index in [2.05, 4.69) is 0 Å². The number of aliphatic carboxylic acids is 1. The third-order valence-electron chi connectivity index (χ3n) is 2.90. The lowest BCUT2D eigenvalue weighted by molar-refractivity contribution is -0.387. The summed E-state index contributed by atoms with van der Waals surface area (Å²) >= 11 is 0. The number of ether oxygens (including phenoxy) is 1. The van der Waals surface area contributed by atoms with Crippen molar-refractivity contribution in [3.05, 3.63) is 37.1 Å². The standard InChI is InChI=1S/C9H9N3O9/c13-3-4(14)7(21-5(3)8(16)17)11-1-2(12(19)20)6(15)10-9(11)18/h1,3-5,7,13-14H,(H,16,17)(H,10,15,18). The highest BCUT2D eigenvalue weighted by Gasteiger charge is 2.48. The molecule has 4 N–H and O–H groups in total. The van der Waals surface area contributed by atoms with E-state index >= 15 is 0 Å². The highest BCUT2D eigenvalue weighted by Crippen LogP contribution is 2.28. The average Bonchev–Trinajstić information content (AvgIpc) is 2.66. The van der Waals surface area contributed by atoms with Crippen molar-refractivity contribution in [2.45, 2.75) is 24.5 Å². The molecule has 0 radical (unpaired) electrons. The largest absolute Gasteiger partial charge is 0.479 e. The van der Waals surface area contributed by atoms with Gasteiger partial charge in [-0.25, -0.2) is 9.59 Å². The molecule has 0 aromatic carbocycles. The van der Waals surface area contributed by atoms with Crippen LogP contribution in [0.2, 0.25) is 0 Å². The smallest absolute Gasteiger partial charge is 0.350 e. The van der Waals surface area contributed by atoms with Crippen molar-refractivity contribution < 1.29 is 29.8 Å². The SMILES string of the molecule is O=C(O)C1OC(n2cc([N+](=O)[O-])c(=O)[nH]c2=O)C(O)C1O. The van der Waals surface area contributed by atoms with Gasteiger partial charge in [0.1, 0.15) is 12.2 Å². The van der Waals surface area contributed by atoms with E-state index in [1.165, 1.54) is 0 Å². The molecule has 0 aliphatic carbocycles. The van der Waals surface area contributed by atoms with E-state index in [4.69, 9.17) is 9.84 Å². The molecule has 0 saturated carbocycles. The summed E-state index contributed by atoms with van der Waals surface area (Å²) in [6, 6.07) is 0. The van der Waals surface area contributed by atoms with Gasteiger partial charge in [0.15, 0.2) is 12.3 Å². The maximum atomic E-state index is 11.6. The lowest BCUT2D eigenvalue weighted by Crippen LogP contribution is -2.38. The van der Waals surface area contributed by atoms with Crippen LogP contribution in [0.25, 0.3) is 0 Å². The van der Waals surface area contributed by atoms with Crippen LogP contribution in [0.1, 0.15) is 6.23 Å². The molecular formula is C9H9N3O9. The van der Waals surface area contributed by atoms with Crippen molar-refractivity contribution in [1.82, 2.24) is 9.55 Å². The van der Waals surface area contributed by atoms with Crippen molar-refractivity contribution in [3.8, 4) is 0 Å². The maximum absolute atomic E-state index is 11.6. The Hall–Kier alpha value is -2.57. The van der Waals surface area contributed by atoms with Gasteiger partial charge in [-0.15, -0.1) is 0 Å². The third-order valence-corrected chi connectivity index (χ3v) is 2.90. The van der Waals surface area contributed by atoms with Crippen molar-refractivity contribution in [2.75, 3.05) is 0 Å². The molecule has 1 aromatic heterocycles. The first-order valence-electron chi connectivity index (χ1n) is 5.48. The Kier molecular flexibility index (Phi) is 3.59. The van der Waals surface area contributed by atoms with E-state index in [-0.39, 0.29) is 0 Å². The van der Waals surface area contributed by atoms with Crippen LogP contribution in [-0.2, 0) is 9.53 Å². The van der Waals surface area contributed by atoms with Gasteiger partial charge in [0.05, 0.1) is 11.1 Å². The minimum absolute atomic E-state index is 0.441. The Morgan fingerprint density at radius 3 is 2.48 bits per heavy atom. The first-order chi connectivity index (χ1) is 9.73. The zero-order valence-electron chi connectivity index (χ0n) is 10.1. The molecule has 114 valence electrons.